The van der Waals surface area contributed by atoms with Crippen molar-refractivity contribution in [3.63, 3.8) is 0 Å². The fraction of sp³-hybridized carbons (Fsp3) is 0.472. The van der Waals surface area contributed by atoms with Crippen LogP contribution in [0.25, 0.3) is 0 Å². The van der Waals surface area contributed by atoms with Crippen molar-refractivity contribution in [1.29, 1.82) is 0 Å². The van der Waals surface area contributed by atoms with Crippen molar-refractivity contribution in [3.8, 4) is 0 Å². The summed E-state index contributed by atoms with van der Waals surface area (Å²) in [4.78, 5) is 49.1. The van der Waals surface area contributed by atoms with E-state index in [2.05, 4.69) is 6.92 Å². The van der Waals surface area contributed by atoms with Crippen molar-refractivity contribution in [2.75, 3.05) is 26.2 Å². The number of ether oxygens (including phenoxy) is 1. The van der Waals surface area contributed by atoms with Crippen LogP contribution in [0.1, 0.15) is 44.2 Å². The maximum absolute atomic E-state index is 14.8. The Morgan fingerprint density at radius 2 is 1.50 bits per heavy atom. The molecule has 1 N–H and O–H groups in total. The average Bonchev–Trinajstić information content (AvgIpc) is 3.31. The first-order valence-electron chi connectivity index (χ1n) is 16.0. The molecule has 2 aromatic rings. The topological polar surface area (TPSA) is 90.4 Å². The van der Waals surface area contributed by atoms with E-state index in [1.54, 1.807) is 9.80 Å². The largest absolute Gasteiger partial charge is 0.394 e. The van der Waals surface area contributed by atoms with Gasteiger partial charge in [-0.2, -0.15) is 0 Å². The molecular weight excluding hydrogens is 554 g/mol. The summed E-state index contributed by atoms with van der Waals surface area (Å²) in [6.45, 7) is 5.47. The summed E-state index contributed by atoms with van der Waals surface area (Å²) in [5.74, 6) is -2.40. The van der Waals surface area contributed by atoms with Crippen molar-refractivity contribution >= 4 is 17.7 Å². The summed E-state index contributed by atoms with van der Waals surface area (Å²) in [6.07, 6.45) is 10.9. The molecule has 8 nitrogen and oxygen atoms in total. The Labute approximate surface area is 260 Å². The van der Waals surface area contributed by atoms with Gasteiger partial charge in [-0.15, -0.1) is 0 Å². The molecule has 0 radical (unpaired) electrons. The third-order valence-corrected chi connectivity index (χ3v) is 9.83. The van der Waals surface area contributed by atoms with Gasteiger partial charge in [0.2, 0.25) is 17.7 Å². The monoisotopic (exact) mass is 597 g/mol. The van der Waals surface area contributed by atoms with Gasteiger partial charge in [-0.05, 0) is 30.9 Å². The number of aliphatic hydroxyl groups excluding tert-OH is 1. The molecule has 0 saturated carbocycles. The summed E-state index contributed by atoms with van der Waals surface area (Å²) in [5.41, 5.74) is -0.467. The zero-order valence-electron chi connectivity index (χ0n) is 25.7. The van der Waals surface area contributed by atoms with Crippen LogP contribution in [0.15, 0.2) is 85.0 Å². The molecule has 2 aromatic carbocycles. The van der Waals surface area contributed by atoms with Gasteiger partial charge in [0.25, 0.3) is 0 Å². The maximum Gasteiger partial charge on any atom is 0.249 e. The van der Waals surface area contributed by atoms with Crippen molar-refractivity contribution in [2.24, 2.45) is 11.8 Å². The van der Waals surface area contributed by atoms with Crippen LogP contribution in [-0.2, 0) is 32.1 Å². The van der Waals surface area contributed by atoms with Gasteiger partial charge in [0.05, 0.1) is 30.1 Å². The van der Waals surface area contributed by atoms with Gasteiger partial charge in [0.1, 0.15) is 11.6 Å². The van der Waals surface area contributed by atoms with Crippen molar-refractivity contribution < 1.29 is 24.2 Å². The van der Waals surface area contributed by atoms with E-state index in [9.17, 15) is 19.5 Å². The fourth-order valence-corrected chi connectivity index (χ4v) is 7.79. The van der Waals surface area contributed by atoms with E-state index in [-0.39, 0.29) is 24.3 Å². The summed E-state index contributed by atoms with van der Waals surface area (Å²) >= 11 is 0. The van der Waals surface area contributed by atoms with E-state index < -0.39 is 35.1 Å². The minimum absolute atomic E-state index is 0.161. The first kappa shape index (κ1) is 30.3. The molecule has 4 aliphatic rings. The first-order valence-corrected chi connectivity index (χ1v) is 16.0. The van der Waals surface area contributed by atoms with Gasteiger partial charge >= 0.3 is 0 Å². The van der Waals surface area contributed by atoms with Crippen LogP contribution in [0.5, 0.6) is 0 Å². The third-order valence-electron chi connectivity index (χ3n) is 9.83. The molecule has 3 amide bonds. The zero-order valence-corrected chi connectivity index (χ0v) is 25.7. The van der Waals surface area contributed by atoms with E-state index in [0.717, 1.165) is 30.4 Å². The number of aliphatic hydroxyl groups is 1. The third kappa shape index (κ3) is 5.18. The quantitative estimate of drug-likeness (QED) is 0.333. The molecule has 0 aliphatic carbocycles. The lowest BCUT2D eigenvalue weighted by Gasteiger charge is -2.40. The minimum Gasteiger partial charge on any atom is -0.394 e. The van der Waals surface area contributed by atoms with Gasteiger partial charge in [0.15, 0.2) is 0 Å². The molecule has 6 rings (SSSR count). The van der Waals surface area contributed by atoms with Gasteiger partial charge in [-0.1, -0.05) is 105 Å². The second-order valence-electron chi connectivity index (χ2n) is 12.8. The molecule has 4 heterocycles. The van der Waals surface area contributed by atoms with Gasteiger partial charge in [-0.3, -0.25) is 14.4 Å². The fourth-order valence-electron chi connectivity index (χ4n) is 7.79. The van der Waals surface area contributed by atoms with E-state index >= 15 is 0 Å². The Bertz CT molecular complexity index is 1430. The molecule has 0 bridgehead atoms. The number of hydrogen-bond donors (Lipinski definition) is 1. The molecule has 4 aliphatic heterocycles. The van der Waals surface area contributed by atoms with Crippen LogP contribution < -0.4 is 0 Å². The number of nitrogens with zero attached hydrogens (tertiary/aromatic N) is 3. The number of unbranched alkanes of at least 4 members (excludes halogenated alkanes) is 2. The minimum atomic E-state index is -1.34. The van der Waals surface area contributed by atoms with Crippen LogP contribution in [0, 0.1) is 11.8 Å². The van der Waals surface area contributed by atoms with Crippen LogP contribution in [0.4, 0.5) is 0 Å². The number of carbonyl (C=O) groups excluding carboxylic acids is 3. The lowest BCUT2D eigenvalue weighted by molar-refractivity contribution is -0.156. The van der Waals surface area contributed by atoms with Crippen LogP contribution in [-0.4, -0.2) is 87.1 Å². The van der Waals surface area contributed by atoms with Gasteiger partial charge < -0.3 is 24.5 Å². The highest BCUT2D eigenvalue weighted by molar-refractivity contribution is 6.00. The number of amides is 3. The Balaban J connectivity index is 1.42. The van der Waals surface area contributed by atoms with Crippen molar-refractivity contribution in [2.45, 2.75) is 69.4 Å². The van der Waals surface area contributed by atoms with Crippen LogP contribution in [0.2, 0.25) is 0 Å². The summed E-state index contributed by atoms with van der Waals surface area (Å²) in [5, 5.41) is 10.7. The molecule has 8 heteroatoms. The van der Waals surface area contributed by atoms with E-state index in [0.29, 0.717) is 32.6 Å². The van der Waals surface area contributed by atoms with Crippen LogP contribution >= 0.6 is 0 Å². The van der Waals surface area contributed by atoms with Crippen molar-refractivity contribution in [3.05, 3.63) is 96.1 Å². The lowest BCUT2D eigenvalue weighted by atomic mass is 9.74. The Hall–Kier alpha value is -3.75. The average molecular weight is 598 g/mol. The predicted molar refractivity (Wildman–Crippen MR) is 167 cm³/mol. The number of rotatable bonds is 10. The smallest absolute Gasteiger partial charge is 0.249 e. The number of fused-ring (bicyclic) bond motifs is 2. The lowest BCUT2D eigenvalue weighted by Crippen LogP contribution is -2.59. The second-order valence-corrected chi connectivity index (χ2v) is 12.8. The molecule has 44 heavy (non-hydrogen) atoms. The van der Waals surface area contributed by atoms with Gasteiger partial charge in [0, 0.05) is 26.2 Å². The molecule has 2 saturated heterocycles. The van der Waals surface area contributed by atoms with Crippen LogP contribution in [0.3, 0.4) is 0 Å². The number of benzene rings is 2. The standard InChI is InChI=1S/C36H43N3O5/c1-3-4-11-20-37-21-13-19-36-30(33(42)39(31(36)34(37)43)28(25-40)23-26-14-7-5-8-15-26)29-32(41)38(22-12-18-35(29,2)44-36)24-27-16-9-6-10-17-27/h5-10,12-19,28-31,40H,3-4,11,20-25H2,1-2H3/t28-,29+,30+,31?,35-,36+/m1/s1. The van der Waals surface area contributed by atoms with E-state index in [1.807, 2.05) is 96.8 Å². The predicted octanol–water partition coefficient (Wildman–Crippen LogP) is 3.75. The highest BCUT2D eigenvalue weighted by Crippen LogP contribution is 2.58. The van der Waals surface area contributed by atoms with Crippen molar-refractivity contribution in [1.82, 2.24) is 14.7 Å². The SMILES string of the molecule is CCCCCN1CC=C[C@]23O[C@]4(C)C=CCN(Cc5ccccc5)C(=O)[C@@H]4[C@H]2C(=O)N([C@@H](CO)Cc2ccccc2)C3C1=O. The molecule has 6 atom stereocenters. The number of likely N-dealkylation sites (tertiary alicyclic amines) is 1. The van der Waals surface area contributed by atoms with E-state index in [4.69, 9.17) is 4.74 Å². The Kier molecular flexibility index (Phi) is 8.49. The maximum atomic E-state index is 14.8. The van der Waals surface area contributed by atoms with Gasteiger partial charge in [-0.25, -0.2) is 0 Å². The molecule has 1 unspecified atom stereocenters. The number of carbonyl (C=O) groups is 3. The zero-order chi connectivity index (χ0) is 30.9. The summed E-state index contributed by atoms with van der Waals surface area (Å²) in [6, 6.07) is 17.9. The molecule has 1 spiro atoms. The Morgan fingerprint density at radius 1 is 0.841 bits per heavy atom. The molecule has 232 valence electrons. The second kappa shape index (κ2) is 12.3. The molecule has 2 fully saturated rings. The van der Waals surface area contributed by atoms with E-state index in [1.165, 1.54) is 0 Å². The summed E-state index contributed by atoms with van der Waals surface area (Å²) < 4.78 is 6.97. The summed E-state index contributed by atoms with van der Waals surface area (Å²) in [7, 11) is 0. The number of hydrogen-bond acceptors (Lipinski definition) is 5. The molecular formula is C36H43N3O5. The Morgan fingerprint density at radius 3 is 2.18 bits per heavy atom. The normalized spacial score (nSPS) is 30.2. The molecule has 0 aromatic heterocycles. The highest BCUT2D eigenvalue weighted by atomic mass is 16.5. The highest BCUT2D eigenvalue weighted by Gasteiger charge is 2.75. The first-order chi connectivity index (χ1) is 21.3.